The summed E-state index contributed by atoms with van der Waals surface area (Å²) in [5, 5.41) is 0. The predicted octanol–water partition coefficient (Wildman–Crippen LogP) is 3.17. The third-order valence-corrected chi connectivity index (χ3v) is 3.98. The lowest BCUT2D eigenvalue weighted by molar-refractivity contribution is -0.131. The minimum atomic E-state index is -0.253. The number of piperidine rings is 1. The lowest BCUT2D eigenvalue weighted by Gasteiger charge is -2.26. The first kappa shape index (κ1) is 13.9. The quantitative estimate of drug-likeness (QED) is 0.850. The molecule has 1 aliphatic rings. The van der Waals surface area contributed by atoms with Gasteiger partial charge >= 0.3 is 0 Å². The minimum absolute atomic E-state index is 0.178. The van der Waals surface area contributed by atoms with Crippen molar-refractivity contribution in [3.05, 3.63) is 54.1 Å². The van der Waals surface area contributed by atoms with Gasteiger partial charge in [-0.3, -0.25) is 4.79 Å². The molecule has 0 aliphatic carbocycles. The first-order valence-electron chi connectivity index (χ1n) is 7.44. The van der Waals surface area contributed by atoms with Crippen LogP contribution in [0.2, 0.25) is 0 Å². The highest BCUT2D eigenvalue weighted by molar-refractivity contribution is 5.78. The molecule has 1 aromatic heterocycles. The van der Waals surface area contributed by atoms with Crippen LogP contribution in [0.25, 0.3) is 5.69 Å². The summed E-state index contributed by atoms with van der Waals surface area (Å²) >= 11 is 0. The van der Waals surface area contributed by atoms with Crippen molar-refractivity contribution in [2.24, 2.45) is 0 Å². The van der Waals surface area contributed by atoms with Crippen molar-refractivity contribution in [3.8, 4) is 5.69 Å². The van der Waals surface area contributed by atoms with Crippen LogP contribution in [0.3, 0.4) is 0 Å². The molecule has 0 saturated carbocycles. The number of amides is 1. The number of hydrogen-bond donors (Lipinski definition) is 0. The number of rotatable bonds is 3. The van der Waals surface area contributed by atoms with Gasteiger partial charge in [-0.1, -0.05) is 0 Å². The molecule has 2 aromatic rings. The van der Waals surface area contributed by atoms with Crippen LogP contribution in [0.1, 0.15) is 25.0 Å². The van der Waals surface area contributed by atoms with Crippen molar-refractivity contribution in [2.75, 3.05) is 13.1 Å². The van der Waals surface area contributed by atoms with Crippen molar-refractivity contribution in [1.29, 1.82) is 0 Å². The molecule has 1 aliphatic heterocycles. The van der Waals surface area contributed by atoms with Crippen LogP contribution < -0.4 is 0 Å². The predicted molar refractivity (Wildman–Crippen MR) is 79.9 cm³/mol. The highest BCUT2D eigenvalue weighted by Crippen LogP contribution is 2.16. The van der Waals surface area contributed by atoms with Gasteiger partial charge in [0.25, 0.3) is 0 Å². The highest BCUT2D eigenvalue weighted by Gasteiger charge is 2.18. The molecule has 21 heavy (non-hydrogen) atoms. The first-order chi connectivity index (χ1) is 10.2. The number of carbonyl (C=O) groups is 1. The van der Waals surface area contributed by atoms with Gasteiger partial charge in [0, 0.05) is 30.7 Å². The second-order valence-corrected chi connectivity index (χ2v) is 5.46. The van der Waals surface area contributed by atoms with E-state index in [1.54, 1.807) is 12.1 Å². The Hall–Kier alpha value is -2.10. The smallest absolute Gasteiger partial charge is 0.228 e. The van der Waals surface area contributed by atoms with Crippen LogP contribution in [0.15, 0.2) is 42.6 Å². The number of benzene rings is 1. The van der Waals surface area contributed by atoms with E-state index < -0.39 is 0 Å². The third-order valence-electron chi connectivity index (χ3n) is 3.98. The largest absolute Gasteiger partial charge is 0.342 e. The van der Waals surface area contributed by atoms with E-state index in [1.165, 1.54) is 18.6 Å². The van der Waals surface area contributed by atoms with E-state index in [2.05, 4.69) is 0 Å². The van der Waals surface area contributed by atoms with Gasteiger partial charge in [0.1, 0.15) is 5.82 Å². The number of carbonyl (C=O) groups excluding carboxylic acids is 1. The van der Waals surface area contributed by atoms with E-state index >= 15 is 0 Å². The molecular weight excluding hydrogens is 267 g/mol. The number of likely N-dealkylation sites (tertiary alicyclic amines) is 1. The Balaban J connectivity index is 1.76. The molecule has 1 amide bonds. The minimum Gasteiger partial charge on any atom is -0.342 e. The highest BCUT2D eigenvalue weighted by atomic mass is 19.1. The number of nitrogens with zero attached hydrogens (tertiary/aromatic N) is 2. The molecule has 0 N–H and O–H groups in total. The lowest BCUT2D eigenvalue weighted by atomic mass is 10.1. The second-order valence-electron chi connectivity index (χ2n) is 5.46. The Morgan fingerprint density at radius 3 is 2.48 bits per heavy atom. The molecular formula is C17H19FN2O. The Morgan fingerprint density at radius 1 is 1.05 bits per heavy atom. The standard InChI is InChI=1S/C17H19FN2O/c18-14-6-8-15(9-7-14)20-12-4-5-16(20)13-17(21)19-10-2-1-3-11-19/h4-9,12H,1-3,10-11,13H2. The maximum Gasteiger partial charge on any atom is 0.228 e. The van der Waals surface area contributed by atoms with Gasteiger partial charge < -0.3 is 9.47 Å². The third kappa shape index (κ3) is 3.15. The zero-order chi connectivity index (χ0) is 14.7. The molecule has 1 fully saturated rings. The average Bonchev–Trinajstić information content (AvgIpc) is 2.97. The molecule has 0 radical (unpaired) electrons. The molecule has 110 valence electrons. The van der Waals surface area contributed by atoms with E-state index in [0.29, 0.717) is 6.42 Å². The maximum atomic E-state index is 13.0. The Morgan fingerprint density at radius 2 is 1.76 bits per heavy atom. The van der Waals surface area contributed by atoms with Gasteiger partial charge in [0.2, 0.25) is 5.91 Å². The van der Waals surface area contributed by atoms with E-state index in [9.17, 15) is 9.18 Å². The van der Waals surface area contributed by atoms with Crippen molar-refractivity contribution >= 4 is 5.91 Å². The fraction of sp³-hybridized carbons (Fsp3) is 0.353. The lowest BCUT2D eigenvalue weighted by Crippen LogP contribution is -2.36. The summed E-state index contributed by atoms with van der Waals surface area (Å²) in [5.74, 6) is -0.0754. The van der Waals surface area contributed by atoms with Gasteiger partial charge in [-0.25, -0.2) is 4.39 Å². The second kappa shape index (κ2) is 6.12. The topological polar surface area (TPSA) is 25.2 Å². The van der Waals surface area contributed by atoms with Gasteiger partial charge in [-0.2, -0.15) is 0 Å². The molecule has 3 rings (SSSR count). The summed E-state index contributed by atoms with van der Waals surface area (Å²) in [6.45, 7) is 1.74. The molecule has 0 bridgehead atoms. The maximum absolute atomic E-state index is 13.0. The molecule has 2 heterocycles. The zero-order valence-electron chi connectivity index (χ0n) is 12.0. The summed E-state index contributed by atoms with van der Waals surface area (Å²) in [7, 11) is 0. The van der Waals surface area contributed by atoms with Crippen molar-refractivity contribution in [3.63, 3.8) is 0 Å². The average molecular weight is 286 g/mol. The van der Waals surface area contributed by atoms with Crippen LogP contribution in [0.5, 0.6) is 0 Å². The normalized spacial score (nSPS) is 15.2. The Labute approximate surface area is 124 Å². The fourth-order valence-electron chi connectivity index (χ4n) is 2.82. The number of hydrogen-bond acceptors (Lipinski definition) is 1. The summed E-state index contributed by atoms with van der Waals surface area (Å²) < 4.78 is 15.0. The first-order valence-corrected chi connectivity index (χ1v) is 7.44. The zero-order valence-corrected chi connectivity index (χ0v) is 12.0. The van der Waals surface area contributed by atoms with Gasteiger partial charge in [-0.15, -0.1) is 0 Å². The molecule has 1 aromatic carbocycles. The van der Waals surface area contributed by atoms with Crippen LogP contribution in [-0.4, -0.2) is 28.5 Å². The van der Waals surface area contributed by atoms with E-state index in [1.807, 2.05) is 27.8 Å². The molecule has 4 heteroatoms. The van der Waals surface area contributed by atoms with Gasteiger partial charge in [0.15, 0.2) is 0 Å². The van der Waals surface area contributed by atoms with Gasteiger partial charge in [0.05, 0.1) is 6.42 Å². The van der Waals surface area contributed by atoms with Crippen LogP contribution >= 0.6 is 0 Å². The Kier molecular flexibility index (Phi) is 4.04. The van der Waals surface area contributed by atoms with E-state index in [4.69, 9.17) is 0 Å². The van der Waals surface area contributed by atoms with Crippen LogP contribution in [0, 0.1) is 5.82 Å². The SMILES string of the molecule is O=C(Cc1cccn1-c1ccc(F)cc1)N1CCCCC1. The van der Waals surface area contributed by atoms with E-state index in [-0.39, 0.29) is 11.7 Å². The summed E-state index contributed by atoms with van der Waals surface area (Å²) in [4.78, 5) is 14.3. The number of halogens is 1. The number of aromatic nitrogens is 1. The Bertz CT molecular complexity index is 612. The van der Waals surface area contributed by atoms with Crippen LogP contribution in [-0.2, 0) is 11.2 Å². The van der Waals surface area contributed by atoms with Crippen molar-refractivity contribution in [1.82, 2.24) is 9.47 Å². The fourth-order valence-corrected chi connectivity index (χ4v) is 2.82. The summed E-state index contributed by atoms with van der Waals surface area (Å²) in [6, 6.07) is 10.2. The van der Waals surface area contributed by atoms with E-state index in [0.717, 1.165) is 37.3 Å². The molecule has 3 nitrogen and oxygen atoms in total. The molecule has 1 saturated heterocycles. The van der Waals surface area contributed by atoms with Gasteiger partial charge in [-0.05, 0) is 55.7 Å². The summed E-state index contributed by atoms with van der Waals surface area (Å²) in [5.41, 5.74) is 1.82. The van der Waals surface area contributed by atoms with Crippen molar-refractivity contribution < 1.29 is 9.18 Å². The summed E-state index contributed by atoms with van der Waals surface area (Å²) in [6.07, 6.45) is 5.72. The van der Waals surface area contributed by atoms with Crippen molar-refractivity contribution in [2.45, 2.75) is 25.7 Å². The monoisotopic (exact) mass is 286 g/mol. The van der Waals surface area contributed by atoms with Crippen LogP contribution in [0.4, 0.5) is 4.39 Å². The molecule has 0 spiro atoms. The molecule has 0 atom stereocenters. The molecule has 0 unspecified atom stereocenters.